The van der Waals surface area contributed by atoms with Gasteiger partial charge in [0.2, 0.25) is 0 Å². The van der Waals surface area contributed by atoms with Crippen molar-refractivity contribution in [1.29, 1.82) is 0 Å². The summed E-state index contributed by atoms with van der Waals surface area (Å²) in [7, 11) is 0. The molecule has 0 nitrogen and oxygen atoms in total. The summed E-state index contributed by atoms with van der Waals surface area (Å²) in [6.45, 7) is -0.203. The van der Waals surface area contributed by atoms with E-state index in [0.29, 0.717) is 6.42 Å². The van der Waals surface area contributed by atoms with Crippen molar-refractivity contribution in [2.24, 2.45) is 0 Å². The van der Waals surface area contributed by atoms with Gasteiger partial charge in [0.1, 0.15) is 0 Å². The molecule has 0 spiro atoms. The molecule has 0 amide bonds. The van der Waals surface area contributed by atoms with Crippen LogP contribution in [0.1, 0.15) is 24.0 Å². The van der Waals surface area contributed by atoms with Gasteiger partial charge in [0.05, 0.1) is 6.67 Å². The standard InChI is InChI=1S/C17H19FS/c18-13-5-4-6-15-9-11-16(12-10-15)14-19-17-7-2-1-3-8-17/h1-3,7-12H,4-6,13-14H2. The van der Waals surface area contributed by atoms with Crippen molar-refractivity contribution in [3.63, 3.8) is 0 Å². The maximum atomic E-state index is 12.0. The van der Waals surface area contributed by atoms with Crippen molar-refractivity contribution in [2.45, 2.75) is 29.9 Å². The minimum absolute atomic E-state index is 0.203. The Morgan fingerprint density at radius 1 is 0.789 bits per heavy atom. The molecule has 0 saturated heterocycles. The monoisotopic (exact) mass is 274 g/mol. The third-order valence-electron chi connectivity index (χ3n) is 3.02. The zero-order chi connectivity index (χ0) is 13.3. The van der Waals surface area contributed by atoms with Crippen LogP contribution in [0.2, 0.25) is 0 Å². The predicted octanol–water partition coefficient (Wildman–Crippen LogP) is 5.27. The summed E-state index contributed by atoms with van der Waals surface area (Å²) in [5.41, 5.74) is 2.64. The Kier molecular flexibility index (Phi) is 5.96. The number of hydrogen-bond donors (Lipinski definition) is 0. The van der Waals surface area contributed by atoms with Gasteiger partial charge in [0.15, 0.2) is 0 Å². The Morgan fingerprint density at radius 2 is 1.47 bits per heavy atom. The third kappa shape index (κ3) is 5.07. The lowest BCUT2D eigenvalue weighted by Crippen LogP contribution is -1.88. The van der Waals surface area contributed by atoms with Crippen molar-refractivity contribution >= 4 is 11.8 Å². The van der Waals surface area contributed by atoms with Crippen LogP contribution in [0.15, 0.2) is 59.5 Å². The van der Waals surface area contributed by atoms with Gasteiger partial charge in [-0.1, -0.05) is 42.5 Å². The molecule has 0 radical (unpaired) electrons. The molecular weight excluding hydrogens is 255 g/mol. The van der Waals surface area contributed by atoms with Crippen LogP contribution in [0.5, 0.6) is 0 Å². The largest absolute Gasteiger partial charge is 0.251 e. The van der Waals surface area contributed by atoms with Crippen LogP contribution in [0.4, 0.5) is 4.39 Å². The molecule has 0 aromatic heterocycles. The molecule has 19 heavy (non-hydrogen) atoms. The summed E-state index contributed by atoms with van der Waals surface area (Å²) in [4.78, 5) is 1.30. The highest BCUT2D eigenvalue weighted by Gasteiger charge is 1.97. The van der Waals surface area contributed by atoms with Gasteiger partial charge in [-0.3, -0.25) is 4.39 Å². The fourth-order valence-corrected chi connectivity index (χ4v) is 2.78. The maximum absolute atomic E-state index is 12.0. The molecule has 0 aliphatic rings. The first-order chi connectivity index (χ1) is 9.38. The van der Waals surface area contributed by atoms with Crippen molar-refractivity contribution in [2.75, 3.05) is 6.67 Å². The Labute approximate surface area is 119 Å². The first-order valence-electron chi connectivity index (χ1n) is 6.70. The van der Waals surface area contributed by atoms with Gasteiger partial charge < -0.3 is 0 Å². The molecule has 2 aromatic carbocycles. The molecule has 2 heteroatoms. The van der Waals surface area contributed by atoms with Gasteiger partial charge in [0, 0.05) is 10.6 Å². The molecule has 0 unspecified atom stereocenters. The number of halogens is 1. The Bertz CT molecular complexity index is 464. The van der Waals surface area contributed by atoms with Crippen LogP contribution in [-0.4, -0.2) is 6.67 Å². The SMILES string of the molecule is FCCCCc1ccc(CSc2ccccc2)cc1. The van der Waals surface area contributed by atoms with Gasteiger partial charge in [-0.25, -0.2) is 0 Å². The Morgan fingerprint density at radius 3 is 2.16 bits per heavy atom. The molecule has 0 bridgehead atoms. The lowest BCUT2D eigenvalue weighted by atomic mass is 10.1. The molecule has 100 valence electrons. The molecule has 0 N–H and O–H groups in total. The highest BCUT2D eigenvalue weighted by molar-refractivity contribution is 7.98. The zero-order valence-corrected chi connectivity index (χ0v) is 11.8. The first kappa shape index (κ1) is 14.1. The third-order valence-corrected chi connectivity index (χ3v) is 4.10. The predicted molar refractivity (Wildman–Crippen MR) is 81.4 cm³/mol. The Hall–Kier alpha value is -1.28. The van der Waals surface area contributed by atoms with Gasteiger partial charge in [-0.15, -0.1) is 11.8 Å². The molecule has 0 heterocycles. The number of thioether (sulfide) groups is 1. The first-order valence-corrected chi connectivity index (χ1v) is 7.68. The van der Waals surface area contributed by atoms with Crippen molar-refractivity contribution in [1.82, 2.24) is 0 Å². The summed E-state index contributed by atoms with van der Waals surface area (Å²) in [5.74, 6) is 0.995. The summed E-state index contributed by atoms with van der Waals surface area (Å²) in [5, 5.41) is 0. The van der Waals surface area contributed by atoms with E-state index in [2.05, 4.69) is 48.5 Å². The number of alkyl halides is 1. The van der Waals surface area contributed by atoms with Gasteiger partial charge >= 0.3 is 0 Å². The number of rotatable bonds is 7. The smallest absolute Gasteiger partial charge is 0.0894 e. The van der Waals surface area contributed by atoms with E-state index in [1.165, 1.54) is 16.0 Å². The number of benzene rings is 2. The molecule has 0 atom stereocenters. The van der Waals surface area contributed by atoms with Crippen molar-refractivity contribution in [3.8, 4) is 0 Å². The molecule has 0 saturated carbocycles. The van der Waals surface area contributed by atoms with Gasteiger partial charge in [-0.2, -0.15) is 0 Å². The molecule has 0 aliphatic heterocycles. The zero-order valence-electron chi connectivity index (χ0n) is 11.0. The summed E-state index contributed by atoms with van der Waals surface area (Å²) in [6.07, 6.45) is 2.59. The average Bonchev–Trinajstić information content (AvgIpc) is 2.48. The maximum Gasteiger partial charge on any atom is 0.0894 e. The quantitative estimate of drug-likeness (QED) is 0.489. The summed E-state index contributed by atoms with van der Waals surface area (Å²) >= 11 is 1.85. The normalized spacial score (nSPS) is 10.6. The second-order valence-corrected chi connectivity index (χ2v) is 5.61. The minimum Gasteiger partial charge on any atom is -0.251 e. The highest BCUT2D eigenvalue weighted by Crippen LogP contribution is 2.22. The number of aryl methyl sites for hydroxylation is 1. The van der Waals surface area contributed by atoms with E-state index in [1.54, 1.807) is 0 Å². The number of hydrogen-bond acceptors (Lipinski definition) is 1. The van der Waals surface area contributed by atoms with Crippen LogP contribution in [0.25, 0.3) is 0 Å². The van der Waals surface area contributed by atoms with E-state index in [1.807, 2.05) is 17.8 Å². The molecule has 2 rings (SSSR count). The van der Waals surface area contributed by atoms with E-state index < -0.39 is 0 Å². The van der Waals surface area contributed by atoms with Crippen LogP contribution < -0.4 is 0 Å². The van der Waals surface area contributed by atoms with Gasteiger partial charge in [0.25, 0.3) is 0 Å². The average molecular weight is 274 g/mol. The fraction of sp³-hybridized carbons (Fsp3) is 0.294. The van der Waals surface area contributed by atoms with Crippen LogP contribution in [-0.2, 0) is 12.2 Å². The van der Waals surface area contributed by atoms with E-state index in [-0.39, 0.29) is 6.67 Å². The summed E-state index contributed by atoms with van der Waals surface area (Å²) in [6, 6.07) is 19.1. The second-order valence-electron chi connectivity index (χ2n) is 4.56. The topological polar surface area (TPSA) is 0 Å². The van der Waals surface area contributed by atoms with Gasteiger partial charge in [-0.05, 0) is 42.5 Å². The van der Waals surface area contributed by atoms with E-state index in [9.17, 15) is 4.39 Å². The van der Waals surface area contributed by atoms with Crippen LogP contribution >= 0.6 is 11.8 Å². The van der Waals surface area contributed by atoms with Crippen LogP contribution in [0.3, 0.4) is 0 Å². The molecule has 0 fully saturated rings. The van der Waals surface area contributed by atoms with Crippen molar-refractivity contribution in [3.05, 3.63) is 65.7 Å². The van der Waals surface area contributed by atoms with E-state index in [4.69, 9.17) is 0 Å². The Balaban J connectivity index is 1.81. The fourth-order valence-electron chi connectivity index (χ4n) is 1.91. The minimum atomic E-state index is -0.203. The lowest BCUT2D eigenvalue weighted by molar-refractivity contribution is 0.462. The second kappa shape index (κ2) is 8.00. The molecule has 0 aliphatic carbocycles. The highest BCUT2D eigenvalue weighted by atomic mass is 32.2. The number of unbranched alkanes of at least 4 members (excludes halogenated alkanes) is 1. The van der Waals surface area contributed by atoms with Crippen molar-refractivity contribution < 1.29 is 4.39 Å². The van der Waals surface area contributed by atoms with E-state index in [0.717, 1.165) is 18.6 Å². The van der Waals surface area contributed by atoms with Crippen LogP contribution in [0, 0.1) is 0 Å². The molecule has 2 aromatic rings. The summed E-state index contributed by atoms with van der Waals surface area (Å²) < 4.78 is 12.0. The lowest BCUT2D eigenvalue weighted by Gasteiger charge is -2.04. The molecular formula is C17H19FS. The van der Waals surface area contributed by atoms with E-state index >= 15 is 0 Å².